The number of benzene rings is 1. The number of hydrogen-bond acceptors (Lipinski definition) is 6. The van der Waals surface area contributed by atoms with E-state index in [1.165, 1.54) is 11.3 Å². The summed E-state index contributed by atoms with van der Waals surface area (Å²) in [5.74, 6) is 0.768. The molecule has 0 aliphatic heterocycles. The van der Waals surface area contributed by atoms with Gasteiger partial charge in [0.25, 0.3) is 0 Å². The van der Waals surface area contributed by atoms with Crippen molar-refractivity contribution in [3.8, 4) is 16.3 Å². The van der Waals surface area contributed by atoms with E-state index in [2.05, 4.69) is 9.97 Å². The number of ether oxygens (including phenoxy) is 2. The van der Waals surface area contributed by atoms with E-state index in [4.69, 9.17) is 9.47 Å². The Kier molecular flexibility index (Phi) is 5.94. The smallest absolute Gasteiger partial charge is 0.415 e. The van der Waals surface area contributed by atoms with Gasteiger partial charge in [-0.2, -0.15) is 0 Å². The van der Waals surface area contributed by atoms with Crippen molar-refractivity contribution in [2.75, 3.05) is 12.0 Å². The Balaban J connectivity index is 1.89. The van der Waals surface area contributed by atoms with Crippen LogP contribution in [-0.4, -0.2) is 28.8 Å². The van der Waals surface area contributed by atoms with Crippen LogP contribution in [0.25, 0.3) is 10.6 Å². The van der Waals surface area contributed by atoms with Crippen LogP contribution in [0.15, 0.2) is 55.0 Å². The molecule has 1 amide bonds. The first-order valence-electron chi connectivity index (χ1n) is 8.85. The average Bonchev–Trinajstić information content (AvgIpc) is 3.15. The molecule has 28 heavy (non-hydrogen) atoms. The third-order valence-corrected chi connectivity index (χ3v) is 4.85. The monoisotopic (exact) mass is 397 g/mol. The van der Waals surface area contributed by atoms with E-state index >= 15 is 0 Å². The zero-order valence-corrected chi connectivity index (χ0v) is 17.2. The van der Waals surface area contributed by atoms with E-state index in [9.17, 15) is 4.79 Å². The first-order valence-corrected chi connectivity index (χ1v) is 9.67. The zero-order valence-electron chi connectivity index (χ0n) is 16.4. The summed E-state index contributed by atoms with van der Waals surface area (Å²) in [4.78, 5) is 23.1. The number of amides is 1. The van der Waals surface area contributed by atoms with Gasteiger partial charge in [0.15, 0.2) is 0 Å². The van der Waals surface area contributed by atoms with Crippen LogP contribution in [0.4, 0.5) is 9.80 Å². The molecule has 3 aromatic rings. The van der Waals surface area contributed by atoms with Crippen molar-refractivity contribution in [3.05, 3.63) is 60.6 Å². The maximum Gasteiger partial charge on any atom is 0.415 e. The average molecular weight is 398 g/mol. The maximum absolute atomic E-state index is 12.9. The van der Waals surface area contributed by atoms with E-state index in [0.29, 0.717) is 11.5 Å². The summed E-state index contributed by atoms with van der Waals surface area (Å²) in [6.45, 7) is 5.92. The van der Waals surface area contributed by atoms with Crippen LogP contribution in [0.3, 0.4) is 0 Å². The van der Waals surface area contributed by atoms with Gasteiger partial charge in [0.1, 0.15) is 21.4 Å². The van der Waals surface area contributed by atoms with Gasteiger partial charge in [0.05, 0.1) is 19.9 Å². The second-order valence-corrected chi connectivity index (χ2v) is 8.17. The summed E-state index contributed by atoms with van der Waals surface area (Å²) in [6, 6.07) is 11.4. The highest BCUT2D eigenvalue weighted by atomic mass is 32.1. The third-order valence-electron chi connectivity index (χ3n) is 3.78. The van der Waals surface area contributed by atoms with Crippen molar-refractivity contribution >= 4 is 22.4 Å². The molecule has 0 N–H and O–H groups in total. The van der Waals surface area contributed by atoms with Crippen molar-refractivity contribution < 1.29 is 14.3 Å². The highest BCUT2D eigenvalue weighted by Crippen LogP contribution is 2.32. The summed E-state index contributed by atoms with van der Waals surface area (Å²) in [5.41, 5.74) is 1.28. The summed E-state index contributed by atoms with van der Waals surface area (Å²) in [5, 5.41) is 1.51. The lowest BCUT2D eigenvalue weighted by Gasteiger charge is -2.26. The van der Waals surface area contributed by atoms with Crippen molar-refractivity contribution in [1.82, 2.24) is 9.97 Å². The van der Waals surface area contributed by atoms with Gasteiger partial charge in [-0.05, 0) is 50.6 Å². The van der Waals surface area contributed by atoms with Gasteiger partial charge < -0.3 is 9.47 Å². The quantitative estimate of drug-likeness (QED) is 0.595. The maximum atomic E-state index is 12.9. The molecule has 0 atom stereocenters. The second kappa shape index (κ2) is 8.39. The first kappa shape index (κ1) is 19.8. The van der Waals surface area contributed by atoms with Crippen LogP contribution in [-0.2, 0) is 11.3 Å². The largest absolute Gasteiger partial charge is 0.497 e. The lowest BCUT2D eigenvalue weighted by Crippen LogP contribution is -2.36. The van der Waals surface area contributed by atoms with Crippen molar-refractivity contribution in [2.24, 2.45) is 0 Å². The van der Waals surface area contributed by atoms with E-state index in [1.54, 1.807) is 30.6 Å². The summed E-state index contributed by atoms with van der Waals surface area (Å²) < 4.78 is 10.8. The fourth-order valence-corrected chi connectivity index (χ4v) is 3.37. The Morgan fingerprint density at radius 2 is 1.89 bits per heavy atom. The van der Waals surface area contributed by atoms with Gasteiger partial charge in [0.2, 0.25) is 0 Å². The molecule has 0 bridgehead atoms. The van der Waals surface area contributed by atoms with Crippen LogP contribution in [0.2, 0.25) is 0 Å². The Hall–Kier alpha value is -2.93. The lowest BCUT2D eigenvalue weighted by atomic mass is 10.2. The van der Waals surface area contributed by atoms with Crippen LogP contribution in [0.1, 0.15) is 26.3 Å². The minimum Gasteiger partial charge on any atom is -0.497 e. The molecule has 6 nitrogen and oxygen atoms in total. The second-order valence-electron chi connectivity index (χ2n) is 7.16. The Labute approximate surface area is 168 Å². The van der Waals surface area contributed by atoms with Crippen LogP contribution < -0.4 is 9.64 Å². The van der Waals surface area contributed by atoms with Gasteiger partial charge in [-0.15, -0.1) is 0 Å². The summed E-state index contributed by atoms with van der Waals surface area (Å²) >= 11 is 1.42. The molecule has 7 heteroatoms. The molecule has 0 unspecified atom stereocenters. The van der Waals surface area contributed by atoms with Gasteiger partial charge in [-0.3, -0.25) is 9.88 Å². The Morgan fingerprint density at radius 1 is 1.14 bits per heavy atom. The van der Waals surface area contributed by atoms with Crippen molar-refractivity contribution in [1.29, 1.82) is 0 Å². The van der Waals surface area contributed by atoms with Crippen LogP contribution in [0.5, 0.6) is 5.75 Å². The first-order chi connectivity index (χ1) is 13.4. The Bertz CT molecular complexity index is 918. The number of pyridine rings is 1. The molecule has 0 saturated heterocycles. The van der Waals surface area contributed by atoms with Crippen LogP contribution >= 0.6 is 11.3 Å². The van der Waals surface area contributed by atoms with Crippen LogP contribution in [0, 0.1) is 0 Å². The minimum atomic E-state index is -0.591. The number of rotatable bonds is 5. The molecule has 0 fully saturated rings. The zero-order chi connectivity index (χ0) is 20.1. The fourth-order valence-electron chi connectivity index (χ4n) is 2.48. The minimum absolute atomic E-state index is 0.369. The molecule has 2 heterocycles. The number of carbonyl (C=O) groups is 1. The molecule has 0 spiro atoms. The molecule has 3 rings (SSSR count). The van der Waals surface area contributed by atoms with Gasteiger partial charge in [0, 0.05) is 18.0 Å². The third kappa shape index (κ3) is 5.07. The normalized spacial score (nSPS) is 11.1. The van der Waals surface area contributed by atoms with Gasteiger partial charge in [-0.25, -0.2) is 9.78 Å². The Morgan fingerprint density at radius 3 is 2.50 bits per heavy atom. The lowest BCUT2D eigenvalue weighted by molar-refractivity contribution is 0.0578. The van der Waals surface area contributed by atoms with Gasteiger partial charge >= 0.3 is 6.09 Å². The molecule has 0 aliphatic rings. The number of nitrogens with zero attached hydrogens (tertiary/aromatic N) is 3. The number of aromatic nitrogens is 2. The van der Waals surface area contributed by atoms with Crippen molar-refractivity contribution in [2.45, 2.75) is 32.9 Å². The molecular formula is C21H23N3O3S. The number of carbonyl (C=O) groups excluding carboxylic acids is 1. The van der Waals surface area contributed by atoms with Crippen molar-refractivity contribution in [3.63, 3.8) is 0 Å². The molecule has 0 saturated carbocycles. The summed E-state index contributed by atoms with van der Waals surface area (Å²) in [7, 11) is 1.62. The molecule has 0 aliphatic carbocycles. The van der Waals surface area contributed by atoms with E-state index in [-0.39, 0.29) is 0 Å². The SMILES string of the molecule is COc1ccc(CN(C(=O)OC(C)(C)C)c2cnc(-c3cccnc3)s2)cc1. The molecule has 0 radical (unpaired) electrons. The molecule has 2 aromatic heterocycles. The van der Waals surface area contributed by atoms with Gasteiger partial charge in [-0.1, -0.05) is 23.5 Å². The fraction of sp³-hybridized carbons (Fsp3) is 0.286. The van der Waals surface area contributed by atoms with E-state index in [0.717, 1.165) is 21.9 Å². The van der Waals surface area contributed by atoms with E-state index in [1.807, 2.05) is 57.2 Å². The predicted molar refractivity (Wildman–Crippen MR) is 111 cm³/mol. The number of hydrogen-bond donors (Lipinski definition) is 0. The molecule has 1 aromatic carbocycles. The van der Waals surface area contributed by atoms with E-state index < -0.39 is 11.7 Å². The number of methoxy groups -OCH3 is 1. The molecule has 146 valence electrons. The predicted octanol–water partition coefficient (Wildman–Crippen LogP) is 5.16. The standard InChI is InChI=1S/C21H23N3O3S/c1-21(2,3)27-20(25)24(14-15-7-9-17(26-4)10-8-15)18-13-23-19(28-18)16-6-5-11-22-12-16/h5-13H,14H2,1-4H3. The highest BCUT2D eigenvalue weighted by molar-refractivity contribution is 7.19. The number of anilines is 1. The highest BCUT2D eigenvalue weighted by Gasteiger charge is 2.25. The molecular weight excluding hydrogens is 374 g/mol. The number of thiazole rings is 1. The summed E-state index contributed by atoms with van der Waals surface area (Å²) in [6.07, 6.45) is 4.75. The topological polar surface area (TPSA) is 64.5 Å².